The van der Waals surface area contributed by atoms with E-state index in [0.29, 0.717) is 5.02 Å². The Morgan fingerprint density at radius 1 is 0.881 bits per heavy atom. The number of halogens is 1. The molecule has 7 nitrogen and oxygen atoms in total. The van der Waals surface area contributed by atoms with Crippen LogP contribution in [0.2, 0.25) is 5.02 Å². The van der Waals surface area contributed by atoms with Gasteiger partial charge < -0.3 is 4.57 Å². The fourth-order valence-electron chi connectivity index (χ4n) is 4.80. The van der Waals surface area contributed by atoms with Crippen LogP contribution in [0.25, 0.3) is 5.69 Å². The molecule has 1 amide bonds. The molecular weight excluding hydrogens is 568 g/mol. The Balaban J connectivity index is 1.45. The molecule has 0 aliphatic rings. The van der Waals surface area contributed by atoms with E-state index in [4.69, 9.17) is 11.6 Å². The number of amides is 1. The van der Waals surface area contributed by atoms with Gasteiger partial charge in [-0.3, -0.25) is 9.10 Å². The number of carbonyl (C=O) groups excluding carboxylic acids is 1. The smallest absolute Gasteiger partial charge is 0.273 e. The molecule has 42 heavy (non-hydrogen) atoms. The maximum Gasteiger partial charge on any atom is 0.273 e. The summed E-state index contributed by atoms with van der Waals surface area (Å²) in [6.07, 6.45) is 1.58. The van der Waals surface area contributed by atoms with Gasteiger partial charge in [-0.15, -0.1) is 0 Å². The first kappa shape index (κ1) is 28.9. The Kier molecular flexibility index (Phi) is 8.56. The zero-order valence-corrected chi connectivity index (χ0v) is 24.7. The average molecular weight is 597 g/mol. The molecule has 0 unspecified atom stereocenters. The number of nitrogens with zero attached hydrogens (tertiary/aromatic N) is 3. The number of para-hydroxylation sites is 1. The molecule has 0 fully saturated rings. The first-order chi connectivity index (χ1) is 20.3. The van der Waals surface area contributed by atoms with Gasteiger partial charge in [-0.25, -0.2) is 13.8 Å². The van der Waals surface area contributed by atoms with Gasteiger partial charge in [-0.1, -0.05) is 78.3 Å². The average Bonchev–Trinajstić information content (AvgIpc) is 3.29. The number of benzene rings is 4. The van der Waals surface area contributed by atoms with Crippen molar-refractivity contribution in [2.45, 2.75) is 25.3 Å². The van der Waals surface area contributed by atoms with Gasteiger partial charge in [0.05, 0.1) is 28.9 Å². The van der Waals surface area contributed by atoms with Crippen LogP contribution in [0.5, 0.6) is 0 Å². The van der Waals surface area contributed by atoms with Crippen LogP contribution in [0.1, 0.15) is 32.9 Å². The first-order valence-corrected chi connectivity index (χ1v) is 15.1. The van der Waals surface area contributed by atoms with Crippen molar-refractivity contribution in [1.29, 1.82) is 0 Å². The molecule has 4 aromatic carbocycles. The van der Waals surface area contributed by atoms with Gasteiger partial charge in [-0.2, -0.15) is 5.10 Å². The van der Waals surface area contributed by atoms with E-state index in [1.54, 1.807) is 60.8 Å². The molecule has 0 aliphatic heterocycles. The third-order valence-electron chi connectivity index (χ3n) is 6.82. The first-order valence-electron chi connectivity index (χ1n) is 13.2. The molecule has 1 N–H and O–H groups in total. The number of aryl methyl sites for hydroxylation is 1. The lowest BCUT2D eigenvalue weighted by molar-refractivity contribution is 0.0955. The van der Waals surface area contributed by atoms with Crippen molar-refractivity contribution in [3.63, 3.8) is 0 Å². The number of nitrogens with one attached hydrogen (secondary N) is 1. The van der Waals surface area contributed by atoms with E-state index in [2.05, 4.69) is 15.1 Å². The van der Waals surface area contributed by atoms with Gasteiger partial charge in [0.25, 0.3) is 15.9 Å². The Hall–Kier alpha value is -4.66. The minimum atomic E-state index is -4.01. The van der Waals surface area contributed by atoms with Crippen LogP contribution in [0, 0.1) is 13.8 Å². The van der Waals surface area contributed by atoms with E-state index in [-0.39, 0.29) is 22.7 Å². The Morgan fingerprint density at radius 3 is 2.26 bits per heavy atom. The summed E-state index contributed by atoms with van der Waals surface area (Å²) in [5, 5.41) is 4.85. The lowest BCUT2D eigenvalue weighted by Crippen LogP contribution is -2.33. The van der Waals surface area contributed by atoms with Crippen molar-refractivity contribution in [3.8, 4) is 5.69 Å². The molecule has 0 aliphatic carbocycles. The van der Waals surface area contributed by atoms with E-state index in [1.807, 2.05) is 74.5 Å². The highest BCUT2D eigenvalue weighted by atomic mass is 35.5. The zero-order chi connectivity index (χ0) is 29.7. The van der Waals surface area contributed by atoms with Gasteiger partial charge in [0, 0.05) is 27.7 Å². The monoisotopic (exact) mass is 596 g/mol. The highest BCUT2D eigenvalue weighted by molar-refractivity contribution is 7.92. The summed E-state index contributed by atoms with van der Waals surface area (Å²) >= 11 is 6.20. The number of hydrogen-bond donors (Lipinski definition) is 1. The predicted octanol–water partition coefficient (Wildman–Crippen LogP) is 6.91. The number of anilines is 1. The summed E-state index contributed by atoms with van der Waals surface area (Å²) in [6.45, 7) is 3.98. The molecule has 0 bridgehead atoms. The minimum absolute atomic E-state index is 0.0428. The fraction of sp³-hybridized carbons (Fsp3) is 0.0909. The van der Waals surface area contributed by atoms with Crippen molar-refractivity contribution >= 4 is 39.4 Å². The highest BCUT2D eigenvalue weighted by Gasteiger charge is 2.28. The summed E-state index contributed by atoms with van der Waals surface area (Å²) in [6, 6.07) is 33.6. The highest BCUT2D eigenvalue weighted by Crippen LogP contribution is 2.29. The standard InChI is InChI=1S/C33H29ClN4O3S/c1-24-20-27(25(2)38(24)29-15-11-14-28(34)21-29)22-35-36-33(39)31-18-9-10-19-32(31)37(23-26-12-5-3-6-13-26)42(40,41)30-16-7-4-8-17-30/h3-22H,23H2,1-2H3,(H,36,39)/b35-22-. The van der Waals surface area contributed by atoms with Crippen molar-refractivity contribution < 1.29 is 13.2 Å². The summed E-state index contributed by atoms with van der Waals surface area (Å²) in [5.74, 6) is -0.535. The van der Waals surface area contributed by atoms with E-state index in [0.717, 1.165) is 28.2 Å². The summed E-state index contributed by atoms with van der Waals surface area (Å²) in [7, 11) is -4.01. The van der Waals surface area contributed by atoms with Crippen LogP contribution < -0.4 is 9.73 Å². The number of aromatic nitrogens is 1. The largest absolute Gasteiger partial charge is 0.318 e. The Labute approximate surface area is 250 Å². The van der Waals surface area contributed by atoms with Gasteiger partial charge in [0.1, 0.15) is 0 Å². The maximum atomic E-state index is 13.9. The Bertz CT molecular complexity index is 1850. The van der Waals surface area contributed by atoms with E-state index in [9.17, 15) is 13.2 Å². The molecule has 0 radical (unpaired) electrons. The quantitative estimate of drug-likeness (QED) is 0.148. The summed E-state index contributed by atoms with van der Waals surface area (Å²) in [4.78, 5) is 13.6. The molecule has 0 spiro atoms. The number of sulfonamides is 1. The third-order valence-corrected chi connectivity index (χ3v) is 8.83. The number of hydrazone groups is 1. The van der Waals surface area contributed by atoms with E-state index in [1.165, 1.54) is 4.31 Å². The molecule has 1 heterocycles. The summed E-state index contributed by atoms with van der Waals surface area (Å²) < 4.78 is 31.1. The summed E-state index contributed by atoms with van der Waals surface area (Å²) in [5.41, 5.74) is 7.43. The third kappa shape index (κ3) is 6.15. The number of hydrogen-bond acceptors (Lipinski definition) is 4. The number of carbonyl (C=O) groups is 1. The van der Waals surface area contributed by atoms with Crippen LogP contribution >= 0.6 is 11.6 Å². The maximum absolute atomic E-state index is 13.9. The second-order valence-electron chi connectivity index (χ2n) is 9.67. The van der Waals surface area contributed by atoms with Crippen LogP contribution in [-0.4, -0.2) is 25.1 Å². The number of rotatable bonds is 9. The second-order valence-corrected chi connectivity index (χ2v) is 12.0. The zero-order valence-electron chi connectivity index (χ0n) is 23.1. The lowest BCUT2D eigenvalue weighted by Gasteiger charge is -2.26. The van der Waals surface area contributed by atoms with Crippen molar-refractivity contribution in [2.24, 2.45) is 5.10 Å². The molecule has 0 saturated carbocycles. The van der Waals surface area contributed by atoms with Gasteiger partial charge in [0.15, 0.2) is 0 Å². The molecular formula is C33H29ClN4O3S. The topological polar surface area (TPSA) is 83.8 Å². The fourth-order valence-corrected chi connectivity index (χ4v) is 6.48. The van der Waals surface area contributed by atoms with Gasteiger partial charge in [-0.05, 0) is 67.9 Å². The van der Waals surface area contributed by atoms with Crippen LogP contribution in [0.15, 0.2) is 125 Å². The molecule has 0 atom stereocenters. The minimum Gasteiger partial charge on any atom is -0.318 e. The Morgan fingerprint density at radius 2 is 1.55 bits per heavy atom. The normalized spacial score (nSPS) is 11.5. The van der Waals surface area contributed by atoms with E-state index >= 15 is 0 Å². The molecule has 1 aromatic heterocycles. The second kappa shape index (κ2) is 12.5. The van der Waals surface area contributed by atoms with Crippen molar-refractivity contribution in [2.75, 3.05) is 4.31 Å². The van der Waals surface area contributed by atoms with Crippen LogP contribution in [-0.2, 0) is 16.6 Å². The molecule has 5 aromatic rings. The van der Waals surface area contributed by atoms with Gasteiger partial charge in [0.2, 0.25) is 0 Å². The van der Waals surface area contributed by atoms with Crippen molar-refractivity contribution in [3.05, 3.63) is 148 Å². The molecule has 212 valence electrons. The molecule has 5 rings (SSSR count). The molecule has 0 saturated heterocycles. The lowest BCUT2D eigenvalue weighted by atomic mass is 10.1. The SMILES string of the molecule is Cc1cc(/C=N\NC(=O)c2ccccc2N(Cc2ccccc2)S(=O)(=O)c2ccccc2)c(C)n1-c1cccc(Cl)c1. The van der Waals surface area contributed by atoms with Crippen LogP contribution in [0.4, 0.5) is 5.69 Å². The van der Waals surface area contributed by atoms with E-state index < -0.39 is 15.9 Å². The predicted molar refractivity (Wildman–Crippen MR) is 168 cm³/mol. The van der Waals surface area contributed by atoms with Crippen molar-refractivity contribution in [1.82, 2.24) is 9.99 Å². The molecule has 9 heteroatoms. The van der Waals surface area contributed by atoms with Crippen LogP contribution in [0.3, 0.4) is 0 Å². The van der Waals surface area contributed by atoms with Gasteiger partial charge >= 0.3 is 0 Å².